The number of nitro groups is 1. The second kappa shape index (κ2) is 6.70. The lowest BCUT2D eigenvalue weighted by Crippen LogP contribution is -2.33. The largest absolute Gasteiger partial charge is 0.331 e. The Morgan fingerprint density at radius 2 is 2.18 bits per heavy atom. The Morgan fingerprint density at radius 1 is 1.45 bits per heavy atom. The summed E-state index contributed by atoms with van der Waals surface area (Å²) in [6.45, 7) is 8.07. The molecule has 0 unspecified atom stereocenters. The van der Waals surface area contributed by atoms with E-state index in [2.05, 4.69) is 30.9 Å². The number of halogens is 1. The molecule has 22 heavy (non-hydrogen) atoms. The molecule has 0 spiro atoms. The van der Waals surface area contributed by atoms with Gasteiger partial charge in [-0.05, 0) is 44.3 Å². The molecule has 1 aromatic rings. The van der Waals surface area contributed by atoms with E-state index in [9.17, 15) is 10.1 Å². The Labute approximate surface area is 138 Å². The van der Waals surface area contributed by atoms with E-state index >= 15 is 0 Å². The standard InChI is InChI=1S/C13H18ClN5O2S/c1-13(2,3)22-18-7-6-17(12(18)16-19(20)21)9-10-4-5-11(14)15-8-10/h4-5,8H,6-7,9H2,1-3H3. The average molecular weight is 344 g/mol. The number of aromatic nitrogens is 1. The molecule has 1 aliphatic rings. The number of pyridine rings is 1. The van der Waals surface area contributed by atoms with Crippen LogP contribution in [0.25, 0.3) is 0 Å². The van der Waals surface area contributed by atoms with Crippen LogP contribution in [-0.2, 0) is 6.54 Å². The van der Waals surface area contributed by atoms with Crippen molar-refractivity contribution in [2.24, 2.45) is 5.10 Å². The van der Waals surface area contributed by atoms with Gasteiger partial charge in [-0.15, -0.1) is 0 Å². The lowest BCUT2D eigenvalue weighted by Gasteiger charge is -2.26. The molecular formula is C13H18ClN5O2S. The van der Waals surface area contributed by atoms with Crippen molar-refractivity contribution in [1.29, 1.82) is 0 Å². The van der Waals surface area contributed by atoms with Crippen LogP contribution in [0.2, 0.25) is 5.15 Å². The summed E-state index contributed by atoms with van der Waals surface area (Å²) >= 11 is 7.32. The molecule has 1 aliphatic heterocycles. The van der Waals surface area contributed by atoms with Crippen LogP contribution in [0, 0.1) is 10.1 Å². The van der Waals surface area contributed by atoms with Crippen molar-refractivity contribution < 1.29 is 5.03 Å². The van der Waals surface area contributed by atoms with Crippen molar-refractivity contribution in [1.82, 2.24) is 14.2 Å². The molecular weight excluding hydrogens is 326 g/mol. The number of hydrogen-bond donors (Lipinski definition) is 0. The summed E-state index contributed by atoms with van der Waals surface area (Å²) in [6.07, 6.45) is 1.67. The number of guanidine groups is 1. The first kappa shape index (κ1) is 16.8. The fourth-order valence-corrected chi connectivity index (χ4v) is 3.22. The zero-order valence-electron chi connectivity index (χ0n) is 12.7. The molecule has 0 aromatic carbocycles. The lowest BCUT2D eigenvalue weighted by molar-refractivity contribution is -0.486. The Kier molecular flexibility index (Phi) is 5.12. The number of hydrogen-bond acceptors (Lipinski definition) is 4. The summed E-state index contributed by atoms with van der Waals surface area (Å²) in [5.41, 5.74) is 0.933. The summed E-state index contributed by atoms with van der Waals surface area (Å²) in [6, 6.07) is 3.57. The van der Waals surface area contributed by atoms with Gasteiger partial charge in [0, 0.05) is 24.0 Å². The molecule has 0 saturated carbocycles. The summed E-state index contributed by atoms with van der Waals surface area (Å²) in [7, 11) is 0. The average Bonchev–Trinajstić information content (AvgIpc) is 2.73. The van der Waals surface area contributed by atoms with Crippen molar-refractivity contribution in [3.05, 3.63) is 39.2 Å². The molecule has 0 N–H and O–H groups in total. The minimum absolute atomic E-state index is 0.0464. The van der Waals surface area contributed by atoms with E-state index in [1.54, 1.807) is 24.2 Å². The maximum absolute atomic E-state index is 10.8. The van der Waals surface area contributed by atoms with Gasteiger partial charge in [-0.25, -0.2) is 15.1 Å². The first-order chi connectivity index (χ1) is 10.2. The third-order valence-corrected chi connectivity index (χ3v) is 4.13. The molecule has 0 radical (unpaired) electrons. The van der Waals surface area contributed by atoms with Gasteiger partial charge in [0.1, 0.15) is 10.3 Å². The molecule has 0 bridgehead atoms. The Bertz CT molecular complexity index is 573. The summed E-state index contributed by atoms with van der Waals surface area (Å²) < 4.78 is 1.83. The van der Waals surface area contributed by atoms with Gasteiger partial charge in [0.05, 0.1) is 6.54 Å². The molecule has 120 valence electrons. The van der Waals surface area contributed by atoms with E-state index in [0.717, 1.165) is 5.56 Å². The monoisotopic (exact) mass is 343 g/mol. The highest BCUT2D eigenvalue weighted by Crippen LogP contribution is 2.31. The maximum Gasteiger partial charge on any atom is 0.284 e. The molecule has 1 fully saturated rings. The fraction of sp³-hybridized carbons (Fsp3) is 0.538. The zero-order valence-corrected chi connectivity index (χ0v) is 14.3. The lowest BCUT2D eigenvalue weighted by atomic mass is 10.3. The van der Waals surface area contributed by atoms with Gasteiger partial charge in [-0.3, -0.25) is 4.31 Å². The van der Waals surface area contributed by atoms with Gasteiger partial charge >= 0.3 is 0 Å². The van der Waals surface area contributed by atoms with Crippen LogP contribution in [0.3, 0.4) is 0 Å². The summed E-state index contributed by atoms with van der Waals surface area (Å²) in [5, 5.41) is 14.2. The predicted octanol–water partition coefficient (Wildman–Crippen LogP) is 2.85. The normalized spacial score (nSPS) is 17.4. The molecule has 1 aromatic heterocycles. The summed E-state index contributed by atoms with van der Waals surface area (Å²) in [4.78, 5) is 16.7. The highest BCUT2D eigenvalue weighted by molar-refractivity contribution is 7.98. The number of hydrazone groups is 1. The van der Waals surface area contributed by atoms with Gasteiger partial charge in [-0.2, -0.15) is 0 Å². The van der Waals surface area contributed by atoms with Crippen LogP contribution in [0.1, 0.15) is 26.3 Å². The molecule has 0 amide bonds. The predicted molar refractivity (Wildman–Crippen MR) is 88.1 cm³/mol. The first-order valence-electron chi connectivity index (χ1n) is 6.80. The maximum atomic E-state index is 10.8. The van der Waals surface area contributed by atoms with Gasteiger partial charge in [0.25, 0.3) is 5.96 Å². The van der Waals surface area contributed by atoms with Crippen molar-refractivity contribution in [2.75, 3.05) is 13.1 Å². The van der Waals surface area contributed by atoms with Crippen molar-refractivity contribution in [2.45, 2.75) is 32.1 Å². The van der Waals surface area contributed by atoms with Gasteiger partial charge in [-0.1, -0.05) is 17.7 Å². The molecule has 0 atom stereocenters. The van der Waals surface area contributed by atoms with E-state index in [0.29, 0.717) is 30.7 Å². The van der Waals surface area contributed by atoms with E-state index < -0.39 is 5.03 Å². The molecule has 1 saturated heterocycles. The van der Waals surface area contributed by atoms with Crippen LogP contribution in [0.15, 0.2) is 23.4 Å². The first-order valence-corrected chi connectivity index (χ1v) is 7.95. The molecule has 0 aliphatic carbocycles. The molecule has 2 rings (SSSR count). The molecule has 7 nitrogen and oxygen atoms in total. The minimum Gasteiger partial charge on any atom is -0.331 e. The van der Waals surface area contributed by atoms with Gasteiger partial charge < -0.3 is 4.90 Å². The third-order valence-electron chi connectivity index (χ3n) is 2.80. The van der Waals surface area contributed by atoms with E-state index in [-0.39, 0.29) is 4.75 Å². The summed E-state index contributed by atoms with van der Waals surface area (Å²) in [5.74, 6) is 0.375. The highest BCUT2D eigenvalue weighted by Gasteiger charge is 2.33. The van der Waals surface area contributed by atoms with E-state index in [4.69, 9.17) is 11.6 Å². The van der Waals surface area contributed by atoms with Crippen molar-refractivity contribution in [3.8, 4) is 0 Å². The zero-order chi connectivity index (χ0) is 16.3. The van der Waals surface area contributed by atoms with Crippen molar-refractivity contribution in [3.63, 3.8) is 0 Å². The van der Waals surface area contributed by atoms with Crippen LogP contribution >= 0.6 is 23.5 Å². The topological polar surface area (TPSA) is 74.9 Å². The second-order valence-corrected chi connectivity index (χ2v) is 8.09. The molecule has 9 heteroatoms. The van der Waals surface area contributed by atoms with Gasteiger partial charge in [0.15, 0.2) is 5.03 Å². The van der Waals surface area contributed by atoms with E-state index in [1.807, 2.05) is 15.3 Å². The minimum atomic E-state index is -0.649. The Balaban J connectivity index is 2.16. The van der Waals surface area contributed by atoms with Gasteiger partial charge in [0.2, 0.25) is 0 Å². The SMILES string of the molecule is CC(C)(C)SN1CCN(Cc2ccc(Cl)nc2)C1=N[N+](=O)[O-]. The Morgan fingerprint density at radius 3 is 2.73 bits per heavy atom. The highest BCUT2D eigenvalue weighted by atomic mass is 35.5. The quantitative estimate of drug-likeness (QED) is 0.362. The number of nitrogens with zero attached hydrogens (tertiary/aromatic N) is 5. The molecule has 2 heterocycles. The van der Waals surface area contributed by atoms with Crippen LogP contribution in [0.5, 0.6) is 0 Å². The Hall–Kier alpha value is -1.54. The fourth-order valence-electron chi connectivity index (χ4n) is 2.04. The van der Waals surface area contributed by atoms with Crippen LogP contribution in [0.4, 0.5) is 0 Å². The van der Waals surface area contributed by atoms with E-state index in [1.165, 1.54) is 0 Å². The van der Waals surface area contributed by atoms with Crippen LogP contribution < -0.4 is 0 Å². The third kappa shape index (κ3) is 4.74. The number of rotatable bonds is 4. The second-order valence-electron chi connectivity index (χ2n) is 5.85. The van der Waals surface area contributed by atoms with Crippen LogP contribution in [-0.4, -0.2) is 43.0 Å². The smallest absolute Gasteiger partial charge is 0.284 e. The van der Waals surface area contributed by atoms with Crippen molar-refractivity contribution >= 4 is 29.5 Å².